The molecule has 0 unspecified atom stereocenters. The van der Waals surface area contributed by atoms with Gasteiger partial charge in [-0.2, -0.15) is 25.3 Å². The minimum Gasteiger partial charge on any atom is -0.481 e. The number of allylic oxidation sites excluding steroid dienone is 4. The molecule has 0 saturated heterocycles. The lowest BCUT2D eigenvalue weighted by molar-refractivity contribution is -0.137. The first-order valence-electron chi connectivity index (χ1n) is 14.5. The Balaban J connectivity index is 1.97. The van der Waals surface area contributed by atoms with Crippen LogP contribution in [0.25, 0.3) is 50.4 Å². The molecule has 1 atom stereocenters. The lowest BCUT2D eigenvalue weighted by Crippen LogP contribution is -1.95. The van der Waals surface area contributed by atoms with Crippen LogP contribution in [-0.2, 0) is 9.59 Å². The van der Waals surface area contributed by atoms with E-state index in [1.54, 1.807) is 6.08 Å². The first-order valence-corrected chi connectivity index (χ1v) is 15.6. The van der Waals surface area contributed by atoms with Crippen LogP contribution in [0, 0.1) is 13.8 Å². The molecule has 5 rings (SSSR count). The number of H-pyrrole nitrogens is 2. The van der Waals surface area contributed by atoms with Gasteiger partial charge in [0.15, 0.2) is 0 Å². The molecule has 3 aromatic heterocycles. The van der Waals surface area contributed by atoms with Crippen LogP contribution in [0.4, 0.5) is 0 Å². The SMILES string of the molecule is CC1=C(CCS)c2cc3[nH]c(cc4nc(cc5[nH]c(cc1n2)c([C@H](C)S)c5C)C(C)=C4CCC(=O)O)c(/C=C/C(=O)O)c3C. The number of carboxylic acid groups (broad SMARTS) is 2. The normalized spacial score (nSPS) is 14.2. The molecular formula is C34H36N4O4S2. The van der Waals surface area contributed by atoms with Crippen LogP contribution >= 0.6 is 25.3 Å². The molecule has 0 fully saturated rings. The summed E-state index contributed by atoms with van der Waals surface area (Å²) in [6, 6.07) is 7.96. The molecule has 0 amide bonds. The fraction of sp³-hybridized carbons (Fsp3) is 0.294. The van der Waals surface area contributed by atoms with Crippen molar-refractivity contribution in [3.8, 4) is 0 Å². The van der Waals surface area contributed by atoms with Crippen molar-refractivity contribution in [2.75, 3.05) is 5.75 Å². The van der Waals surface area contributed by atoms with Gasteiger partial charge < -0.3 is 20.2 Å². The van der Waals surface area contributed by atoms with Crippen LogP contribution in [0.5, 0.6) is 0 Å². The predicted molar refractivity (Wildman–Crippen MR) is 185 cm³/mol. The number of hydrogen-bond acceptors (Lipinski definition) is 6. The first-order chi connectivity index (χ1) is 20.9. The predicted octanol–water partition coefficient (Wildman–Crippen LogP) is 8.07. The Bertz CT molecular complexity index is 1960. The number of aromatic amines is 2. The van der Waals surface area contributed by atoms with Crippen molar-refractivity contribution in [1.29, 1.82) is 0 Å². The molecule has 3 aromatic rings. The minimum atomic E-state index is -1.05. The third kappa shape index (κ3) is 6.01. The van der Waals surface area contributed by atoms with Gasteiger partial charge in [-0.1, -0.05) is 0 Å². The molecule has 10 heteroatoms. The number of carbonyl (C=O) groups is 2. The zero-order chi connectivity index (χ0) is 31.9. The van der Waals surface area contributed by atoms with E-state index in [4.69, 9.17) is 22.6 Å². The van der Waals surface area contributed by atoms with Gasteiger partial charge in [0, 0.05) is 45.4 Å². The number of aromatic nitrogens is 4. The Morgan fingerprint density at radius 2 is 1.34 bits per heavy atom. The topological polar surface area (TPSA) is 132 Å². The summed E-state index contributed by atoms with van der Waals surface area (Å²) in [7, 11) is 0. The Kier molecular flexibility index (Phi) is 8.95. The minimum absolute atomic E-state index is 0.0403. The lowest BCUT2D eigenvalue weighted by Gasteiger charge is -2.04. The van der Waals surface area contributed by atoms with E-state index in [2.05, 4.69) is 42.5 Å². The van der Waals surface area contributed by atoms with Crippen molar-refractivity contribution in [2.24, 2.45) is 0 Å². The number of fused-ring (bicyclic) bond motifs is 8. The lowest BCUT2D eigenvalue weighted by atomic mass is 10.0. The summed E-state index contributed by atoms with van der Waals surface area (Å²) in [5.74, 6) is -1.29. The number of thiol groups is 2. The maximum Gasteiger partial charge on any atom is 0.328 e. The molecule has 228 valence electrons. The Morgan fingerprint density at radius 3 is 1.91 bits per heavy atom. The number of aryl methyl sites for hydroxylation is 2. The van der Waals surface area contributed by atoms with E-state index in [0.29, 0.717) is 28.9 Å². The number of rotatable bonds is 8. The number of carboxylic acids is 2. The Morgan fingerprint density at radius 1 is 0.818 bits per heavy atom. The van der Waals surface area contributed by atoms with E-state index in [-0.39, 0.29) is 11.7 Å². The number of nitrogens with zero attached hydrogens (tertiary/aromatic N) is 2. The van der Waals surface area contributed by atoms with Crippen LogP contribution in [0.3, 0.4) is 0 Å². The molecule has 0 aromatic carbocycles. The van der Waals surface area contributed by atoms with Gasteiger partial charge in [-0.15, -0.1) is 0 Å². The zero-order valence-corrected chi connectivity index (χ0v) is 27.2. The highest BCUT2D eigenvalue weighted by atomic mass is 32.1. The van der Waals surface area contributed by atoms with E-state index in [9.17, 15) is 19.8 Å². The third-order valence-electron chi connectivity index (χ3n) is 8.39. The highest BCUT2D eigenvalue weighted by molar-refractivity contribution is 7.80. The van der Waals surface area contributed by atoms with Crippen LogP contribution in [0.15, 0.2) is 30.3 Å². The van der Waals surface area contributed by atoms with Crippen LogP contribution in [0.2, 0.25) is 0 Å². The van der Waals surface area contributed by atoms with E-state index in [1.165, 1.54) is 0 Å². The van der Waals surface area contributed by atoms with Crippen molar-refractivity contribution in [3.63, 3.8) is 0 Å². The van der Waals surface area contributed by atoms with E-state index >= 15 is 0 Å². The monoisotopic (exact) mass is 628 g/mol. The van der Waals surface area contributed by atoms with Gasteiger partial charge in [-0.25, -0.2) is 14.8 Å². The quantitative estimate of drug-likeness (QED) is 0.110. The third-order valence-corrected chi connectivity index (χ3v) is 8.88. The number of aliphatic carboxylic acids is 2. The molecule has 0 aliphatic carbocycles. The van der Waals surface area contributed by atoms with E-state index in [0.717, 1.165) is 85.1 Å². The van der Waals surface area contributed by atoms with Crippen LogP contribution in [-0.4, -0.2) is 47.8 Å². The Labute approximate surface area is 266 Å². The van der Waals surface area contributed by atoms with Crippen molar-refractivity contribution in [1.82, 2.24) is 19.9 Å². The standard InChI is InChI=1S/C34H36N4O4S2/c1-16-21(6-8-32(39)40)29-15-30-22(7-9-33(41)42)17(2)25(36-30)13-28-23(10-11-43)18(3)26(37-28)14-31-34(20(5)44)19(4)27(38-31)12-24(16)35-29/h7,9,12-15,20,36,38,43-44H,6,8,10-11H2,1-5H3,(H,39,40)(H,41,42)/b9-7+,24-12?,25-13?,26-14?,27-12?,28-13?,29-15?,30-15?,31-14?/t20-/m0/s1. The average Bonchev–Trinajstić information content (AvgIpc) is 3.61. The van der Waals surface area contributed by atoms with Crippen molar-refractivity contribution in [3.05, 3.63) is 75.4 Å². The van der Waals surface area contributed by atoms with Gasteiger partial charge >= 0.3 is 11.9 Å². The average molecular weight is 629 g/mol. The molecular weight excluding hydrogens is 593 g/mol. The molecule has 8 nitrogen and oxygen atoms in total. The second-order valence-electron chi connectivity index (χ2n) is 11.2. The van der Waals surface area contributed by atoms with Crippen LogP contribution in [0.1, 0.15) is 90.3 Å². The molecule has 0 radical (unpaired) electrons. The largest absolute Gasteiger partial charge is 0.481 e. The van der Waals surface area contributed by atoms with Crippen molar-refractivity contribution < 1.29 is 19.8 Å². The fourth-order valence-electron chi connectivity index (χ4n) is 6.03. The molecule has 2 aliphatic heterocycles. The summed E-state index contributed by atoms with van der Waals surface area (Å²) in [5.41, 5.74) is 13.9. The molecule has 44 heavy (non-hydrogen) atoms. The van der Waals surface area contributed by atoms with E-state index < -0.39 is 11.9 Å². The first kappa shape index (κ1) is 31.4. The second kappa shape index (κ2) is 12.5. The number of nitrogens with one attached hydrogen (secondary N) is 2. The molecule has 0 spiro atoms. The van der Waals surface area contributed by atoms with Crippen LogP contribution < -0.4 is 0 Å². The highest BCUT2D eigenvalue weighted by Crippen LogP contribution is 2.38. The summed E-state index contributed by atoms with van der Waals surface area (Å²) >= 11 is 9.33. The molecule has 2 aliphatic rings. The molecule has 5 heterocycles. The van der Waals surface area contributed by atoms with Crippen molar-refractivity contribution in [2.45, 2.75) is 59.1 Å². The maximum absolute atomic E-state index is 11.6. The van der Waals surface area contributed by atoms with E-state index in [1.807, 2.05) is 39.0 Å². The molecule has 0 saturated carbocycles. The smallest absolute Gasteiger partial charge is 0.328 e. The van der Waals surface area contributed by atoms with Crippen molar-refractivity contribution >= 4 is 87.6 Å². The highest BCUT2D eigenvalue weighted by Gasteiger charge is 2.21. The van der Waals surface area contributed by atoms with Gasteiger partial charge in [0.05, 0.1) is 22.8 Å². The summed E-state index contributed by atoms with van der Waals surface area (Å²) in [6.45, 7) is 10.1. The van der Waals surface area contributed by atoms with Gasteiger partial charge in [-0.05, 0) is 123 Å². The summed E-state index contributed by atoms with van der Waals surface area (Å²) in [6.07, 6.45) is 3.69. The molecule has 4 N–H and O–H groups in total. The second-order valence-corrected chi connectivity index (χ2v) is 12.5. The zero-order valence-electron chi connectivity index (χ0n) is 25.4. The number of hydrogen-bond donors (Lipinski definition) is 6. The van der Waals surface area contributed by atoms with Gasteiger partial charge in [-0.3, -0.25) is 4.79 Å². The summed E-state index contributed by atoms with van der Waals surface area (Å²) < 4.78 is 0. The molecule has 8 bridgehead atoms. The Hall–Kier alpha value is -4.02. The summed E-state index contributed by atoms with van der Waals surface area (Å²) in [5, 5.41) is 18.9. The fourth-order valence-corrected chi connectivity index (χ4v) is 6.58. The van der Waals surface area contributed by atoms with Gasteiger partial charge in [0.25, 0.3) is 0 Å². The van der Waals surface area contributed by atoms with Gasteiger partial charge in [0.2, 0.25) is 0 Å². The maximum atomic E-state index is 11.6. The summed E-state index contributed by atoms with van der Waals surface area (Å²) in [4.78, 5) is 40.2. The van der Waals surface area contributed by atoms with Gasteiger partial charge in [0.1, 0.15) is 0 Å².